The summed E-state index contributed by atoms with van der Waals surface area (Å²) < 4.78 is 13.0. The highest BCUT2D eigenvalue weighted by Crippen LogP contribution is 2.24. The number of rotatable bonds is 7. The molecule has 2 heterocycles. The van der Waals surface area contributed by atoms with Gasteiger partial charge in [-0.1, -0.05) is 0 Å². The Morgan fingerprint density at radius 3 is 2.96 bits per heavy atom. The second kappa shape index (κ2) is 8.74. The Labute approximate surface area is 155 Å². The summed E-state index contributed by atoms with van der Waals surface area (Å²) in [4.78, 5) is 18.2. The highest BCUT2D eigenvalue weighted by molar-refractivity contribution is 7.14. The van der Waals surface area contributed by atoms with Crippen LogP contribution in [0.2, 0.25) is 0 Å². The summed E-state index contributed by atoms with van der Waals surface area (Å²) in [6, 6.07) is 8.14. The maximum absolute atomic E-state index is 13.0. The molecule has 0 aliphatic carbocycles. The summed E-state index contributed by atoms with van der Waals surface area (Å²) in [5.41, 5.74) is 1.68. The molecule has 6 nitrogen and oxygen atoms in total. The van der Waals surface area contributed by atoms with Gasteiger partial charge in [0.15, 0.2) is 5.13 Å². The minimum Gasteiger partial charge on any atom is -0.360 e. The molecule has 2 N–H and O–H groups in total. The average molecular weight is 373 g/mol. The Kier molecular flexibility index (Phi) is 6.15. The van der Waals surface area contributed by atoms with E-state index in [0.29, 0.717) is 19.6 Å². The third-order valence-electron chi connectivity index (χ3n) is 4.22. The molecule has 0 radical (unpaired) electrons. The van der Waals surface area contributed by atoms with E-state index in [1.54, 1.807) is 17.0 Å². The molecule has 3 rings (SSSR count). The Hall–Kier alpha value is -2.50. The van der Waals surface area contributed by atoms with E-state index < -0.39 is 0 Å². The smallest absolute Gasteiger partial charge is 0.237 e. The van der Waals surface area contributed by atoms with Gasteiger partial charge in [0, 0.05) is 30.6 Å². The third kappa shape index (κ3) is 4.56. The molecule has 0 saturated carbocycles. The number of benzene rings is 1. The molecule has 1 atom stereocenters. The summed E-state index contributed by atoms with van der Waals surface area (Å²) >= 11 is 1.48. The van der Waals surface area contributed by atoms with Crippen LogP contribution in [0.5, 0.6) is 0 Å². The van der Waals surface area contributed by atoms with E-state index in [9.17, 15) is 9.18 Å². The molecule has 1 saturated heterocycles. The lowest BCUT2D eigenvalue weighted by Gasteiger charge is -2.19. The molecule has 1 fully saturated rings. The average Bonchev–Trinajstić information content (AvgIpc) is 3.31. The number of thiazole rings is 1. The van der Waals surface area contributed by atoms with Gasteiger partial charge in [-0.25, -0.2) is 9.37 Å². The molecule has 0 bridgehead atoms. The second-order valence-corrected chi connectivity index (χ2v) is 6.88. The lowest BCUT2D eigenvalue weighted by atomic mass is 10.2. The van der Waals surface area contributed by atoms with Crippen molar-refractivity contribution in [2.24, 2.45) is 0 Å². The quantitative estimate of drug-likeness (QED) is 0.729. The van der Waals surface area contributed by atoms with Crippen LogP contribution in [0.15, 0.2) is 29.6 Å². The minimum absolute atomic E-state index is 0.0260. The van der Waals surface area contributed by atoms with Gasteiger partial charge >= 0.3 is 0 Å². The van der Waals surface area contributed by atoms with Crippen molar-refractivity contribution in [3.05, 3.63) is 35.5 Å². The highest BCUT2D eigenvalue weighted by atomic mass is 32.1. The largest absolute Gasteiger partial charge is 0.360 e. The Morgan fingerprint density at radius 2 is 2.19 bits per heavy atom. The summed E-state index contributed by atoms with van der Waals surface area (Å²) in [7, 11) is 0. The van der Waals surface area contributed by atoms with Gasteiger partial charge in [0.25, 0.3) is 0 Å². The fourth-order valence-electron chi connectivity index (χ4n) is 2.86. The Bertz CT molecular complexity index is 786. The van der Waals surface area contributed by atoms with Crippen molar-refractivity contribution in [1.29, 1.82) is 5.26 Å². The molecular weight excluding hydrogens is 353 g/mol. The lowest BCUT2D eigenvalue weighted by Crippen LogP contribution is -2.41. The van der Waals surface area contributed by atoms with Crippen molar-refractivity contribution >= 4 is 22.4 Å². The summed E-state index contributed by atoms with van der Waals surface area (Å²) in [6.07, 6.45) is 1.66. The zero-order chi connectivity index (χ0) is 18.4. The van der Waals surface area contributed by atoms with Crippen LogP contribution >= 0.6 is 11.3 Å². The fraction of sp³-hybridized carbons (Fsp3) is 0.389. The zero-order valence-electron chi connectivity index (χ0n) is 14.2. The SMILES string of the molecule is N#C[C@@H]1CCCN1C(=O)CNCCNc1nc(-c2ccc(F)cc2)cs1. The van der Waals surface area contributed by atoms with E-state index in [1.165, 1.54) is 23.5 Å². The predicted octanol–water partition coefficient (Wildman–Crippen LogP) is 2.47. The molecule has 2 aromatic rings. The number of anilines is 1. The molecule has 1 aromatic heterocycles. The second-order valence-electron chi connectivity index (χ2n) is 6.02. The number of hydrogen-bond acceptors (Lipinski definition) is 6. The van der Waals surface area contributed by atoms with Gasteiger partial charge in [-0.15, -0.1) is 11.3 Å². The standard InChI is InChI=1S/C18H20FN5OS/c19-14-5-3-13(4-6-14)16-12-26-18(23-16)22-8-7-21-11-17(25)24-9-1-2-15(24)10-20/h3-6,12,15,21H,1-2,7-9,11H2,(H,22,23)/t15-/m0/s1. The summed E-state index contributed by atoms with van der Waals surface area (Å²) in [6.45, 7) is 2.15. The van der Waals surface area contributed by atoms with Gasteiger partial charge < -0.3 is 15.5 Å². The van der Waals surface area contributed by atoms with Gasteiger partial charge in [-0.2, -0.15) is 5.26 Å². The molecule has 136 valence electrons. The summed E-state index contributed by atoms with van der Waals surface area (Å²) in [5, 5.41) is 18.0. The number of nitrogens with one attached hydrogen (secondary N) is 2. The maximum Gasteiger partial charge on any atom is 0.237 e. The molecule has 1 aliphatic heterocycles. The van der Waals surface area contributed by atoms with E-state index in [2.05, 4.69) is 21.7 Å². The van der Waals surface area contributed by atoms with Crippen LogP contribution in [0.3, 0.4) is 0 Å². The molecule has 8 heteroatoms. The normalized spacial score (nSPS) is 16.5. The Balaban J connectivity index is 1.38. The topological polar surface area (TPSA) is 81.0 Å². The van der Waals surface area contributed by atoms with Crippen molar-refractivity contribution in [3.8, 4) is 17.3 Å². The van der Waals surface area contributed by atoms with Crippen molar-refractivity contribution in [2.75, 3.05) is 31.5 Å². The minimum atomic E-state index is -0.275. The van der Waals surface area contributed by atoms with E-state index in [1.807, 2.05) is 5.38 Å². The van der Waals surface area contributed by atoms with Gasteiger partial charge in [0.2, 0.25) is 5.91 Å². The number of halogens is 1. The van der Waals surface area contributed by atoms with Gasteiger partial charge in [0.1, 0.15) is 11.9 Å². The van der Waals surface area contributed by atoms with Crippen LogP contribution in [0.4, 0.5) is 9.52 Å². The highest BCUT2D eigenvalue weighted by Gasteiger charge is 2.27. The zero-order valence-corrected chi connectivity index (χ0v) is 15.1. The number of aromatic nitrogens is 1. The van der Waals surface area contributed by atoms with Crippen LogP contribution in [0, 0.1) is 17.1 Å². The molecule has 1 aromatic carbocycles. The molecule has 0 spiro atoms. The first-order chi connectivity index (χ1) is 12.7. The van der Waals surface area contributed by atoms with E-state index >= 15 is 0 Å². The molecular formula is C18H20FN5OS. The van der Waals surface area contributed by atoms with Crippen LogP contribution in [0.25, 0.3) is 11.3 Å². The van der Waals surface area contributed by atoms with Crippen molar-refractivity contribution in [1.82, 2.24) is 15.2 Å². The predicted molar refractivity (Wildman–Crippen MR) is 99.2 cm³/mol. The van der Waals surface area contributed by atoms with Gasteiger partial charge in [-0.05, 0) is 37.1 Å². The number of carbonyl (C=O) groups is 1. The van der Waals surface area contributed by atoms with Crippen molar-refractivity contribution in [2.45, 2.75) is 18.9 Å². The third-order valence-corrected chi connectivity index (χ3v) is 5.02. The van der Waals surface area contributed by atoms with Gasteiger partial charge in [0.05, 0.1) is 18.3 Å². The van der Waals surface area contributed by atoms with Crippen LogP contribution in [-0.4, -0.2) is 48.0 Å². The first-order valence-electron chi connectivity index (χ1n) is 8.52. The lowest BCUT2D eigenvalue weighted by molar-refractivity contribution is -0.130. The van der Waals surface area contributed by atoms with Crippen LogP contribution in [0.1, 0.15) is 12.8 Å². The van der Waals surface area contributed by atoms with E-state index in [4.69, 9.17) is 5.26 Å². The van der Waals surface area contributed by atoms with Crippen LogP contribution < -0.4 is 10.6 Å². The molecule has 1 amide bonds. The summed E-state index contributed by atoms with van der Waals surface area (Å²) in [5.74, 6) is -0.292. The van der Waals surface area contributed by atoms with Crippen LogP contribution in [-0.2, 0) is 4.79 Å². The monoisotopic (exact) mass is 373 g/mol. The first kappa shape index (κ1) is 18.3. The number of amides is 1. The molecule has 1 aliphatic rings. The maximum atomic E-state index is 13.0. The number of nitrogens with zero attached hydrogens (tertiary/aromatic N) is 3. The van der Waals surface area contributed by atoms with E-state index in [-0.39, 0.29) is 24.3 Å². The van der Waals surface area contributed by atoms with Gasteiger partial charge in [-0.3, -0.25) is 4.79 Å². The van der Waals surface area contributed by atoms with Crippen molar-refractivity contribution in [3.63, 3.8) is 0 Å². The Morgan fingerprint density at radius 1 is 1.38 bits per heavy atom. The number of nitriles is 1. The number of carbonyl (C=O) groups excluding carboxylic acids is 1. The first-order valence-corrected chi connectivity index (χ1v) is 9.40. The molecule has 26 heavy (non-hydrogen) atoms. The number of likely N-dealkylation sites (tertiary alicyclic amines) is 1. The number of hydrogen-bond donors (Lipinski definition) is 2. The fourth-order valence-corrected chi connectivity index (χ4v) is 3.61. The van der Waals surface area contributed by atoms with Crippen molar-refractivity contribution < 1.29 is 9.18 Å². The molecule has 0 unspecified atom stereocenters. The van der Waals surface area contributed by atoms with E-state index in [0.717, 1.165) is 29.2 Å².